The highest BCUT2D eigenvalue weighted by Gasteiger charge is 2.50. The summed E-state index contributed by atoms with van der Waals surface area (Å²) in [7, 11) is 0. The third-order valence-corrected chi connectivity index (χ3v) is 7.18. The highest BCUT2D eigenvalue weighted by molar-refractivity contribution is 5.08. The highest BCUT2D eigenvalue weighted by atomic mass is 16.6. The average molecular weight is 443 g/mol. The first kappa shape index (κ1) is 27.1. The van der Waals surface area contributed by atoms with Gasteiger partial charge in [-0.05, 0) is 120 Å². The van der Waals surface area contributed by atoms with Crippen LogP contribution in [0.2, 0.25) is 0 Å². The first-order valence-electron chi connectivity index (χ1n) is 13.0. The molecule has 0 aromatic rings. The minimum absolute atomic E-state index is 0.126. The van der Waals surface area contributed by atoms with Gasteiger partial charge in [0.15, 0.2) is 0 Å². The maximum absolute atomic E-state index is 6.01. The van der Waals surface area contributed by atoms with Crippen LogP contribution in [0.25, 0.3) is 0 Å². The van der Waals surface area contributed by atoms with E-state index >= 15 is 0 Å². The molecule has 3 atom stereocenters. The van der Waals surface area contributed by atoms with Gasteiger partial charge in [-0.3, -0.25) is 0 Å². The lowest BCUT2D eigenvalue weighted by Crippen LogP contribution is -2.09. The molecule has 0 bridgehead atoms. The molecule has 0 radical (unpaired) electrons. The predicted molar refractivity (Wildman–Crippen MR) is 139 cm³/mol. The molecule has 0 unspecified atom stereocenters. The van der Waals surface area contributed by atoms with Crippen LogP contribution in [-0.4, -0.2) is 23.4 Å². The van der Waals surface area contributed by atoms with Gasteiger partial charge in [0.25, 0.3) is 0 Å². The number of hydrogen-bond acceptors (Lipinski definition) is 2. The van der Waals surface area contributed by atoms with Crippen LogP contribution in [0.3, 0.4) is 0 Å². The SMILES string of the molecule is CC(C)=CCC[C@@]1(C)O[C@H]1CC/C(C)=C/CC/C=C(\C)CC/C=C(\C)CC[C@@H]1OC1(C)C. The van der Waals surface area contributed by atoms with Gasteiger partial charge in [-0.15, -0.1) is 0 Å². The van der Waals surface area contributed by atoms with E-state index in [0.29, 0.717) is 12.2 Å². The van der Waals surface area contributed by atoms with Crippen molar-refractivity contribution in [2.75, 3.05) is 0 Å². The van der Waals surface area contributed by atoms with E-state index in [1.165, 1.54) is 48.0 Å². The van der Waals surface area contributed by atoms with Gasteiger partial charge in [0.2, 0.25) is 0 Å². The summed E-state index contributed by atoms with van der Waals surface area (Å²) in [6, 6.07) is 0. The van der Waals surface area contributed by atoms with Crippen molar-refractivity contribution in [1.29, 1.82) is 0 Å². The van der Waals surface area contributed by atoms with Gasteiger partial charge in [-0.25, -0.2) is 0 Å². The quantitative estimate of drug-likeness (QED) is 0.143. The maximum atomic E-state index is 6.01. The molecule has 0 amide bonds. The van der Waals surface area contributed by atoms with Crippen molar-refractivity contribution in [3.63, 3.8) is 0 Å². The lowest BCUT2D eigenvalue weighted by atomic mass is 9.96. The zero-order chi connectivity index (χ0) is 23.8. The van der Waals surface area contributed by atoms with Crippen molar-refractivity contribution >= 4 is 0 Å². The smallest absolute Gasteiger partial charge is 0.0923 e. The molecule has 182 valence electrons. The summed E-state index contributed by atoms with van der Waals surface area (Å²) in [4.78, 5) is 0. The average Bonchev–Trinajstić information content (AvgIpc) is 3.55. The largest absolute Gasteiger partial charge is 0.367 e. The van der Waals surface area contributed by atoms with Crippen molar-refractivity contribution in [2.45, 2.75) is 143 Å². The number of epoxide rings is 2. The fourth-order valence-corrected chi connectivity index (χ4v) is 4.49. The molecule has 0 aromatic heterocycles. The van der Waals surface area contributed by atoms with Crippen molar-refractivity contribution in [3.8, 4) is 0 Å². The molecule has 2 heterocycles. The maximum Gasteiger partial charge on any atom is 0.0923 e. The predicted octanol–water partition coefficient (Wildman–Crippen LogP) is 9.03. The number of allylic oxidation sites excluding steroid dienone is 8. The van der Waals surface area contributed by atoms with E-state index in [9.17, 15) is 0 Å². The van der Waals surface area contributed by atoms with Gasteiger partial charge in [-0.2, -0.15) is 0 Å². The van der Waals surface area contributed by atoms with Gasteiger partial charge in [0.1, 0.15) is 0 Å². The summed E-state index contributed by atoms with van der Waals surface area (Å²) in [6.07, 6.45) is 22.1. The minimum Gasteiger partial charge on any atom is -0.367 e. The molecule has 2 aliphatic rings. The Bertz CT molecular complexity index is 717. The minimum atomic E-state index is 0.126. The lowest BCUT2D eigenvalue weighted by molar-refractivity contribution is 0.295. The summed E-state index contributed by atoms with van der Waals surface area (Å²) >= 11 is 0. The summed E-state index contributed by atoms with van der Waals surface area (Å²) in [5.74, 6) is 0. The van der Waals surface area contributed by atoms with Crippen LogP contribution < -0.4 is 0 Å². The van der Waals surface area contributed by atoms with E-state index in [-0.39, 0.29) is 11.2 Å². The fraction of sp³-hybridized carbons (Fsp3) is 0.733. The van der Waals surface area contributed by atoms with E-state index in [4.69, 9.17) is 9.47 Å². The molecule has 2 saturated heterocycles. The van der Waals surface area contributed by atoms with Crippen LogP contribution in [0.4, 0.5) is 0 Å². The van der Waals surface area contributed by atoms with Gasteiger partial charge >= 0.3 is 0 Å². The Kier molecular flexibility index (Phi) is 10.5. The molecule has 2 aliphatic heterocycles. The van der Waals surface area contributed by atoms with Gasteiger partial charge < -0.3 is 9.47 Å². The van der Waals surface area contributed by atoms with Crippen LogP contribution in [-0.2, 0) is 9.47 Å². The third kappa shape index (κ3) is 10.2. The molecule has 32 heavy (non-hydrogen) atoms. The van der Waals surface area contributed by atoms with Crippen LogP contribution in [0, 0.1) is 0 Å². The number of hydrogen-bond donors (Lipinski definition) is 0. The zero-order valence-electron chi connectivity index (χ0n) is 22.4. The van der Waals surface area contributed by atoms with E-state index < -0.39 is 0 Å². The number of ether oxygens (including phenoxy) is 2. The van der Waals surface area contributed by atoms with Crippen molar-refractivity contribution in [1.82, 2.24) is 0 Å². The first-order valence-corrected chi connectivity index (χ1v) is 13.0. The van der Waals surface area contributed by atoms with E-state index in [2.05, 4.69) is 79.7 Å². The van der Waals surface area contributed by atoms with Crippen LogP contribution in [0.15, 0.2) is 46.6 Å². The van der Waals surface area contributed by atoms with Crippen LogP contribution >= 0.6 is 0 Å². The molecule has 0 N–H and O–H groups in total. The molecule has 0 aliphatic carbocycles. The van der Waals surface area contributed by atoms with Gasteiger partial charge in [-0.1, -0.05) is 46.6 Å². The monoisotopic (exact) mass is 442 g/mol. The van der Waals surface area contributed by atoms with Gasteiger partial charge in [0, 0.05) is 0 Å². The zero-order valence-corrected chi connectivity index (χ0v) is 22.4. The standard InChI is InChI=1S/C30H50O2/c1-23(2)13-12-22-30(8)28(32-30)21-19-25(4)15-10-9-14-24(3)16-11-17-26(5)18-20-27-29(6,7)31-27/h13-15,17,27-28H,9-12,16,18-22H2,1-8H3/b24-14+,25-15+,26-17+/t27-,28-,30+/m0/s1. The lowest BCUT2D eigenvalue weighted by Gasteiger charge is -2.05. The number of rotatable bonds is 15. The van der Waals surface area contributed by atoms with E-state index in [1.807, 2.05) is 0 Å². The second-order valence-electron chi connectivity index (χ2n) is 11.3. The molecule has 0 aromatic carbocycles. The third-order valence-electron chi connectivity index (χ3n) is 7.18. The van der Waals surface area contributed by atoms with Crippen molar-refractivity contribution in [2.24, 2.45) is 0 Å². The second-order valence-corrected chi connectivity index (χ2v) is 11.3. The van der Waals surface area contributed by atoms with E-state index in [0.717, 1.165) is 38.5 Å². The van der Waals surface area contributed by atoms with Crippen LogP contribution in [0.5, 0.6) is 0 Å². The Hall–Kier alpha value is -1.12. The Morgan fingerprint density at radius 2 is 1.12 bits per heavy atom. The molecule has 2 nitrogen and oxygen atoms in total. The van der Waals surface area contributed by atoms with Gasteiger partial charge in [0.05, 0.1) is 23.4 Å². The summed E-state index contributed by atoms with van der Waals surface area (Å²) in [5, 5.41) is 0. The summed E-state index contributed by atoms with van der Waals surface area (Å²) in [5.41, 5.74) is 6.20. The van der Waals surface area contributed by atoms with Crippen molar-refractivity contribution < 1.29 is 9.47 Å². The van der Waals surface area contributed by atoms with Crippen molar-refractivity contribution in [3.05, 3.63) is 46.6 Å². The first-order chi connectivity index (χ1) is 15.0. The normalized spacial score (nSPS) is 27.4. The molecule has 0 spiro atoms. The molecule has 2 fully saturated rings. The molecule has 2 rings (SSSR count). The van der Waals surface area contributed by atoms with E-state index in [1.54, 1.807) is 0 Å². The Labute approximate surface area is 199 Å². The summed E-state index contributed by atoms with van der Waals surface area (Å²) < 4.78 is 11.7. The van der Waals surface area contributed by atoms with Crippen LogP contribution in [0.1, 0.15) is 120 Å². The topological polar surface area (TPSA) is 25.1 Å². The number of unbranched alkanes of at least 4 members (excludes halogenated alkanes) is 1. The molecular weight excluding hydrogens is 392 g/mol. The second kappa shape index (κ2) is 12.4. The molecule has 2 heteroatoms. The molecular formula is C30H50O2. The molecule has 0 saturated carbocycles. The Morgan fingerprint density at radius 3 is 1.66 bits per heavy atom. The summed E-state index contributed by atoms with van der Waals surface area (Å²) in [6.45, 7) is 17.8. The Balaban J connectivity index is 1.54. The fourth-order valence-electron chi connectivity index (χ4n) is 4.49. The Morgan fingerprint density at radius 1 is 0.625 bits per heavy atom. The highest BCUT2D eigenvalue weighted by Crippen LogP contribution is 2.43.